The predicted molar refractivity (Wildman–Crippen MR) is 82.5 cm³/mol. The first kappa shape index (κ1) is 14.5. The lowest BCUT2D eigenvalue weighted by molar-refractivity contribution is 0.231. The van der Waals surface area contributed by atoms with E-state index in [1.807, 2.05) is 0 Å². The molecule has 1 aliphatic rings. The highest BCUT2D eigenvalue weighted by Gasteiger charge is 2.15. The molecule has 0 radical (unpaired) electrons. The molecule has 106 valence electrons. The maximum atomic E-state index is 3.65. The van der Waals surface area contributed by atoms with E-state index in [1.54, 1.807) is 0 Å². The van der Waals surface area contributed by atoms with E-state index in [2.05, 4.69) is 47.5 Å². The molecule has 1 atom stereocenters. The number of nitrogens with zero attached hydrogens (tertiary/aromatic N) is 1. The van der Waals surface area contributed by atoms with Gasteiger partial charge in [-0.2, -0.15) is 0 Å². The van der Waals surface area contributed by atoms with Gasteiger partial charge in [-0.15, -0.1) is 0 Å². The monoisotopic (exact) mass is 260 g/mol. The second kappa shape index (κ2) is 8.34. The standard InChI is InChI=1S/C17H28N2/c1-2-19(15-17-12-6-7-13-18-17)14-8-11-16-9-4-3-5-10-16/h3-5,9-10,17-18H,2,6-8,11-15H2,1H3. The fourth-order valence-electron chi connectivity index (χ4n) is 2.92. The molecule has 1 unspecified atom stereocenters. The van der Waals surface area contributed by atoms with Crippen molar-refractivity contribution in [2.45, 2.75) is 45.1 Å². The Labute approximate surface area is 118 Å². The molecule has 1 aliphatic heterocycles. The molecule has 1 heterocycles. The number of benzene rings is 1. The van der Waals surface area contributed by atoms with Gasteiger partial charge in [0.15, 0.2) is 0 Å². The van der Waals surface area contributed by atoms with E-state index < -0.39 is 0 Å². The lowest BCUT2D eigenvalue weighted by atomic mass is 10.0. The highest BCUT2D eigenvalue weighted by atomic mass is 15.1. The molecule has 2 rings (SSSR count). The summed E-state index contributed by atoms with van der Waals surface area (Å²) >= 11 is 0. The lowest BCUT2D eigenvalue weighted by Crippen LogP contribution is -2.43. The second-order valence-electron chi connectivity index (χ2n) is 5.63. The summed E-state index contributed by atoms with van der Waals surface area (Å²) in [6.45, 7) is 7.12. The van der Waals surface area contributed by atoms with E-state index >= 15 is 0 Å². The topological polar surface area (TPSA) is 15.3 Å². The van der Waals surface area contributed by atoms with Crippen LogP contribution in [-0.4, -0.2) is 37.1 Å². The van der Waals surface area contributed by atoms with Crippen molar-refractivity contribution in [3.63, 3.8) is 0 Å². The summed E-state index contributed by atoms with van der Waals surface area (Å²) in [5.41, 5.74) is 1.47. The molecule has 0 aliphatic carbocycles. The quantitative estimate of drug-likeness (QED) is 0.810. The number of piperidine rings is 1. The minimum atomic E-state index is 0.727. The Bertz CT molecular complexity index is 330. The molecule has 0 bridgehead atoms. The molecule has 0 spiro atoms. The first-order valence-electron chi connectivity index (χ1n) is 7.88. The van der Waals surface area contributed by atoms with E-state index in [0.717, 1.165) is 6.04 Å². The van der Waals surface area contributed by atoms with Gasteiger partial charge in [0.2, 0.25) is 0 Å². The molecule has 1 fully saturated rings. The fourth-order valence-corrected chi connectivity index (χ4v) is 2.92. The summed E-state index contributed by atoms with van der Waals surface area (Å²) < 4.78 is 0. The Hall–Kier alpha value is -0.860. The van der Waals surface area contributed by atoms with Crippen LogP contribution >= 0.6 is 0 Å². The van der Waals surface area contributed by atoms with E-state index in [0.29, 0.717) is 0 Å². The molecule has 0 saturated carbocycles. The Kier molecular flexibility index (Phi) is 6.38. The Balaban J connectivity index is 1.67. The Morgan fingerprint density at radius 3 is 2.74 bits per heavy atom. The number of hydrogen-bond donors (Lipinski definition) is 1. The van der Waals surface area contributed by atoms with Crippen molar-refractivity contribution in [3.8, 4) is 0 Å². The van der Waals surface area contributed by atoms with Crippen LogP contribution in [0.15, 0.2) is 30.3 Å². The van der Waals surface area contributed by atoms with E-state index in [9.17, 15) is 0 Å². The molecule has 0 aromatic heterocycles. The molecule has 0 amide bonds. The first-order valence-corrected chi connectivity index (χ1v) is 7.88. The van der Waals surface area contributed by atoms with Crippen molar-refractivity contribution in [3.05, 3.63) is 35.9 Å². The van der Waals surface area contributed by atoms with Gasteiger partial charge in [-0.3, -0.25) is 0 Å². The summed E-state index contributed by atoms with van der Waals surface area (Å²) in [5, 5.41) is 3.65. The fraction of sp³-hybridized carbons (Fsp3) is 0.647. The van der Waals surface area contributed by atoms with Crippen LogP contribution in [0.3, 0.4) is 0 Å². The van der Waals surface area contributed by atoms with Crippen LogP contribution in [-0.2, 0) is 6.42 Å². The molecule has 2 heteroatoms. The molecule has 1 N–H and O–H groups in total. The van der Waals surface area contributed by atoms with Gasteiger partial charge in [0, 0.05) is 12.6 Å². The highest BCUT2D eigenvalue weighted by molar-refractivity contribution is 5.14. The average molecular weight is 260 g/mol. The third-order valence-electron chi connectivity index (χ3n) is 4.12. The van der Waals surface area contributed by atoms with Crippen LogP contribution in [0.25, 0.3) is 0 Å². The maximum absolute atomic E-state index is 3.65. The highest BCUT2D eigenvalue weighted by Crippen LogP contribution is 2.09. The van der Waals surface area contributed by atoms with E-state index in [1.165, 1.54) is 63.8 Å². The van der Waals surface area contributed by atoms with Gasteiger partial charge in [-0.1, -0.05) is 43.7 Å². The van der Waals surface area contributed by atoms with Crippen LogP contribution < -0.4 is 5.32 Å². The third kappa shape index (κ3) is 5.33. The van der Waals surface area contributed by atoms with E-state index in [-0.39, 0.29) is 0 Å². The number of aryl methyl sites for hydroxylation is 1. The van der Waals surface area contributed by atoms with E-state index in [4.69, 9.17) is 0 Å². The lowest BCUT2D eigenvalue weighted by Gasteiger charge is -2.29. The number of rotatable bonds is 7. The molecule has 2 nitrogen and oxygen atoms in total. The summed E-state index contributed by atoms with van der Waals surface area (Å²) in [4.78, 5) is 2.60. The molecule has 1 aromatic carbocycles. The van der Waals surface area contributed by atoms with Crippen LogP contribution in [0.4, 0.5) is 0 Å². The molecule has 19 heavy (non-hydrogen) atoms. The SMILES string of the molecule is CCN(CCCc1ccccc1)CC1CCCCN1. The summed E-state index contributed by atoms with van der Waals surface area (Å²) in [5.74, 6) is 0. The summed E-state index contributed by atoms with van der Waals surface area (Å²) in [6.07, 6.45) is 6.59. The Morgan fingerprint density at radius 2 is 2.05 bits per heavy atom. The van der Waals surface area contributed by atoms with Gasteiger partial charge in [0.25, 0.3) is 0 Å². The summed E-state index contributed by atoms with van der Waals surface area (Å²) in [6, 6.07) is 11.6. The van der Waals surface area contributed by atoms with Crippen molar-refractivity contribution in [1.29, 1.82) is 0 Å². The number of likely N-dealkylation sites (N-methyl/N-ethyl adjacent to an activating group) is 1. The minimum Gasteiger partial charge on any atom is -0.313 e. The Morgan fingerprint density at radius 1 is 1.21 bits per heavy atom. The zero-order valence-electron chi connectivity index (χ0n) is 12.3. The van der Waals surface area contributed by atoms with Crippen molar-refractivity contribution in [2.24, 2.45) is 0 Å². The second-order valence-corrected chi connectivity index (χ2v) is 5.63. The average Bonchev–Trinajstić information content (AvgIpc) is 2.48. The van der Waals surface area contributed by atoms with Crippen LogP contribution in [0.2, 0.25) is 0 Å². The van der Waals surface area contributed by atoms with Gasteiger partial charge in [-0.05, 0) is 50.9 Å². The van der Waals surface area contributed by atoms with Crippen LogP contribution in [0.5, 0.6) is 0 Å². The zero-order chi connectivity index (χ0) is 13.3. The first-order chi connectivity index (χ1) is 9.38. The largest absolute Gasteiger partial charge is 0.313 e. The normalized spacial score (nSPS) is 19.8. The summed E-state index contributed by atoms with van der Waals surface area (Å²) in [7, 11) is 0. The van der Waals surface area contributed by atoms with Crippen molar-refractivity contribution < 1.29 is 0 Å². The molecule has 1 aromatic rings. The predicted octanol–water partition coefficient (Wildman–Crippen LogP) is 3.08. The maximum Gasteiger partial charge on any atom is 0.0195 e. The molecule has 1 saturated heterocycles. The van der Waals surface area contributed by atoms with Crippen molar-refractivity contribution in [2.75, 3.05) is 26.2 Å². The van der Waals surface area contributed by atoms with Gasteiger partial charge in [0.1, 0.15) is 0 Å². The van der Waals surface area contributed by atoms with Crippen molar-refractivity contribution >= 4 is 0 Å². The van der Waals surface area contributed by atoms with Gasteiger partial charge in [-0.25, -0.2) is 0 Å². The number of nitrogens with one attached hydrogen (secondary N) is 1. The van der Waals surface area contributed by atoms with Crippen LogP contribution in [0, 0.1) is 0 Å². The van der Waals surface area contributed by atoms with Gasteiger partial charge in [0.05, 0.1) is 0 Å². The third-order valence-corrected chi connectivity index (χ3v) is 4.12. The van der Waals surface area contributed by atoms with Gasteiger partial charge >= 0.3 is 0 Å². The number of hydrogen-bond acceptors (Lipinski definition) is 2. The van der Waals surface area contributed by atoms with Crippen molar-refractivity contribution in [1.82, 2.24) is 10.2 Å². The van der Waals surface area contributed by atoms with Gasteiger partial charge < -0.3 is 10.2 Å². The minimum absolute atomic E-state index is 0.727. The molecular weight excluding hydrogens is 232 g/mol. The smallest absolute Gasteiger partial charge is 0.0195 e. The van der Waals surface area contributed by atoms with Crippen LogP contribution in [0.1, 0.15) is 38.2 Å². The molecular formula is C17H28N2. The zero-order valence-corrected chi connectivity index (χ0v) is 12.3.